The number of piperidine rings is 1. The first-order valence-corrected chi connectivity index (χ1v) is 10.9. The molecule has 0 unspecified atom stereocenters. The Labute approximate surface area is 174 Å². The lowest BCUT2D eigenvalue weighted by molar-refractivity contribution is -0.935. The molecule has 0 radical (unpaired) electrons. The maximum Gasteiger partial charge on any atom is 0.348 e. The molecule has 3 aromatic heterocycles. The van der Waals surface area contributed by atoms with E-state index in [9.17, 15) is 4.79 Å². The first kappa shape index (κ1) is 19.8. The van der Waals surface area contributed by atoms with Crippen LogP contribution < -0.4 is 10.2 Å². The number of methoxy groups -OCH3 is 1. The van der Waals surface area contributed by atoms with E-state index in [1.165, 1.54) is 42.6 Å². The van der Waals surface area contributed by atoms with Gasteiger partial charge in [-0.25, -0.2) is 14.8 Å². The Morgan fingerprint density at radius 1 is 1.31 bits per heavy atom. The Morgan fingerprint density at radius 2 is 2.10 bits per heavy atom. The maximum atomic E-state index is 12.1. The number of ether oxygens (including phenoxy) is 1. The highest BCUT2D eigenvalue weighted by Gasteiger charge is 2.29. The largest absolute Gasteiger partial charge is 0.465 e. The molecule has 0 aliphatic carbocycles. The van der Waals surface area contributed by atoms with Crippen molar-refractivity contribution in [3.63, 3.8) is 0 Å². The molecule has 2 N–H and O–H groups in total. The summed E-state index contributed by atoms with van der Waals surface area (Å²) in [4.78, 5) is 24.2. The summed E-state index contributed by atoms with van der Waals surface area (Å²) in [6.07, 6.45) is 5.54. The Hall–Kier alpha value is -2.45. The molecular weight excluding hydrogens is 388 g/mol. The fraction of sp³-hybridized carbons (Fsp3) is 0.476. The summed E-state index contributed by atoms with van der Waals surface area (Å²) in [6.45, 7) is 6.80. The molecule has 8 heteroatoms. The molecule has 1 atom stereocenters. The number of rotatable bonds is 6. The highest BCUT2D eigenvalue weighted by atomic mass is 32.1. The number of aryl methyl sites for hydroxylation is 2. The molecule has 1 saturated heterocycles. The van der Waals surface area contributed by atoms with E-state index < -0.39 is 0 Å². The molecule has 0 spiro atoms. The minimum absolute atomic E-state index is 0.217. The van der Waals surface area contributed by atoms with Crippen LogP contribution in [0.15, 0.2) is 22.8 Å². The molecule has 0 saturated carbocycles. The quantitative estimate of drug-likeness (QED) is 0.603. The average Bonchev–Trinajstić information content (AvgIpc) is 3.37. The zero-order chi connectivity index (χ0) is 20.4. The number of quaternary nitrogens is 1. The van der Waals surface area contributed by atoms with Gasteiger partial charge < -0.3 is 19.4 Å². The zero-order valence-electron chi connectivity index (χ0n) is 17.1. The second kappa shape index (κ2) is 8.51. The van der Waals surface area contributed by atoms with E-state index in [0.717, 1.165) is 40.4 Å². The molecule has 1 aliphatic rings. The lowest BCUT2D eigenvalue weighted by Crippen LogP contribution is -3.13. The van der Waals surface area contributed by atoms with E-state index in [1.54, 1.807) is 6.26 Å². The van der Waals surface area contributed by atoms with Crippen molar-refractivity contribution in [2.24, 2.45) is 0 Å². The number of nitrogens with zero attached hydrogens (tertiary/aromatic N) is 2. The number of aromatic nitrogens is 2. The van der Waals surface area contributed by atoms with Crippen molar-refractivity contribution in [1.82, 2.24) is 9.97 Å². The molecule has 154 valence electrons. The lowest BCUT2D eigenvalue weighted by atomic mass is 10.1. The zero-order valence-corrected chi connectivity index (χ0v) is 17.9. The SMILES string of the molecule is COC(=O)c1sc2nc(C)nc(NC[C@H](c3ccco3)[NH+]3CCCCC3)c2c1C. The molecular formula is C21H27N4O3S+. The Balaban J connectivity index is 1.65. The van der Waals surface area contributed by atoms with E-state index in [-0.39, 0.29) is 12.0 Å². The van der Waals surface area contributed by atoms with Crippen molar-refractivity contribution in [2.75, 3.05) is 32.1 Å². The summed E-state index contributed by atoms with van der Waals surface area (Å²) in [5, 5.41) is 4.44. The fourth-order valence-corrected chi connectivity index (χ4v) is 5.29. The minimum Gasteiger partial charge on any atom is -0.465 e. The van der Waals surface area contributed by atoms with Crippen molar-refractivity contribution in [3.8, 4) is 0 Å². The molecule has 1 aliphatic heterocycles. The van der Waals surface area contributed by atoms with Crippen molar-refractivity contribution < 1.29 is 18.8 Å². The number of esters is 1. The molecule has 29 heavy (non-hydrogen) atoms. The summed E-state index contributed by atoms with van der Waals surface area (Å²) in [6, 6.07) is 4.22. The maximum absolute atomic E-state index is 12.1. The lowest BCUT2D eigenvalue weighted by Gasteiger charge is -2.30. The van der Waals surface area contributed by atoms with Crippen LogP contribution in [0.1, 0.15) is 52.1 Å². The van der Waals surface area contributed by atoms with Gasteiger partial charge in [-0.2, -0.15) is 0 Å². The molecule has 4 rings (SSSR count). The average molecular weight is 416 g/mol. The summed E-state index contributed by atoms with van der Waals surface area (Å²) in [5.74, 6) is 2.11. The molecule has 3 aromatic rings. The Bertz CT molecular complexity index is 993. The third kappa shape index (κ3) is 4.00. The van der Waals surface area contributed by atoms with Gasteiger partial charge in [0.25, 0.3) is 0 Å². The third-order valence-electron chi connectivity index (χ3n) is 5.62. The van der Waals surface area contributed by atoms with Crippen molar-refractivity contribution in [3.05, 3.63) is 40.4 Å². The normalized spacial score (nSPS) is 16.1. The smallest absolute Gasteiger partial charge is 0.348 e. The van der Waals surface area contributed by atoms with E-state index in [0.29, 0.717) is 17.2 Å². The van der Waals surface area contributed by atoms with Crippen LogP contribution >= 0.6 is 11.3 Å². The topological polar surface area (TPSA) is 81.7 Å². The second-order valence-corrected chi connectivity index (χ2v) is 8.51. The van der Waals surface area contributed by atoms with Crippen molar-refractivity contribution in [2.45, 2.75) is 39.2 Å². The standard InChI is InChI=1S/C21H26N4O3S/c1-13-17-19(23-14(2)24-20(17)29-18(13)21(26)27-3)22-12-15(16-8-7-11-28-16)25-9-5-4-6-10-25/h7-8,11,15H,4-6,9-10,12H2,1-3H3,(H,22,23,24)/p+1/t15-/m1/s1. The monoisotopic (exact) mass is 415 g/mol. The van der Waals surface area contributed by atoms with Crippen LogP contribution in [0.25, 0.3) is 10.2 Å². The number of anilines is 1. The van der Waals surface area contributed by atoms with Gasteiger partial charge in [0.2, 0.25) is 0 Å². The molecule has 0 amide bonds. The summed E-state index contributed by atoms with van der Waals surface area (Å²) >= 11 is 1.36. The van der Waals surface area contributed by atoms with Crippen molar-refractivity contribution >= 4 is 33.3 Å². The van der Waals surface area contributed by atoms with Gasteiger partial charge in [0.1, 0.15) is 21.3 Å². The molecule has 0 bridgehead atoms. The van der Waals surface area contributed by atoms with Crippen LogP contribution in [0, 0.1) is 13.8 Å². The Morgan fingerprint density at radius 3 is 2.79 bits per heavy atom. The number of thiophene rings is 1. The van der Waals surface area contributed by atoms with Gasteiger partial charge in [-0.15, -0.1) is 11.3 Å². The first-order valence-electron chi connectivity index (χ1n) is 10.1. The second-order valence-electron chi connectivity index (χ2n) is 7.52. The molecule has 7 nitrogen and oxygen atoms in total. The van der Waals surface area contributed by atoms with Gasteiger partial charge >= 0.3 is 5.97 Å². The van der Waals surface area contributed by atoms with Gasteiger partial charge in [0.15, 0.2) is 11.8 Å². The molecule has 0 aromatic carbocycles. The summed E-state index contributed by atoms with van der Waals surface area (Å²) < 4.78 is 10.7. The van der Waals surface area contributed by atoms with Gasteiger partial charge in [0, 0.05) is 0 Å². The van der Waals surface area contributed by atoms with Crippen LogP contribution in [0.3, 0.4) is 0 Å². The number of furan rings is 1. The van der Waals surface area contributed by atoms with Crippen LogP contribution in [-0.4, -0.2) is 42.7 Å². The number of fused-ring (bicyclic) bond motifs is 1. The van der Waals surface area contributed by atoms with E-state index in [2.05, 4.69) is 21.4 Å². The fourth-order valence-electron chi connectivity index (χ4n) is 4.15. The van der Waals surface area contributed by atoms with Crippen LogP contribution in [0.5, 0.6) is 0 Å². The number of hydrogen-bond donors (Lipinski definition) is 2. The Kier molecular flexibility index (Phi) is 5.82. The molecule has 4 heterocycles. The number of carbonyl (C=O) groups excluding carboxylic acids is 1. The van der Waals surface area contributed by atoms with Crippen molar-refractivity contribution in [1.29, 1.82) is 0 Å². The van der Waals surface area contributed by atoms with E-state index in [1.807, 2.05) is 19.9 Å². The van der Waals surface area contributed by atoms with E-state index >= 15 is 0 Å². The number of nitrogens with one attached hydrogen (secondary N) is 2. The highest BCUT2D eigenvalue weighted by molar-refractivity contribution is 7.20. The predicted molar refractivity (Wildman–Crippen MR) is 113 cm³/mol. The van der Waals surface area contributed by atoms with Crippen LogP contribution in [0.4, 0.5) is 5.82 Å². The van der Waals surface area contributed by atoms with Gasteiger partial charge in [-0.3, -0.25) is 0 Å². The highest BCUT2D eigenvalue weighted by Crippen LogP contribution is 2.34. The minimum atomic E-state index is -0.333. The number of likely N-dealkylation sites (tertiary alicyclic amines) is 1. The third-order valence-corrected chi connectivity index (χ3v) is 6.79. The van der Waals surface area contributed by atoms with Crippen LogP contribution in [-0.2, 0) is 4.74 Å². The molecule has 1 fully saturated rings. The van der Waals surface area contributed by atoms with Gasteiger partial charge in [-0.1, -0.05) is 0 Å². The number of hydrogen-bond acceptors (Lipinski definition) is 7. The van der Waals surface area contributed by atoms with Gasteiger partial charge in [-0.05, 0) is 50.8 Å². The van der Waals surface area contributed by atoms with E-state index in [4.69, 9.17) is 9.15 Å². The summed E-state index contributed by atoms with van der Waals surface area (Å²) in [5.41, 5.74) is 0.860. The summed E-state index contributed by atoms with van der Waals surface area (Å²) in [7, 11) is 1.40. The van der Waals surface area contributed by atoms with Gasteiger partial charge in [0.05, 0.1) is 38.4 Å². The predicted octanol–water partition coefficient (Wildman–Crippen LogP) is 2.91. The van der Waals surface area contributed by atoms with Crippen LogP contribution in [0.2, 0.25) is 0 Å². The number of carbonyl (C=O) groups is 1. The first-order chi connectivity index (χ1) is 14.1.